The predicted octanol–water partition coefficient (Wildman–Crippen LogP) is 2.53. The second-order valence-electron chi connectivity index (χ2n) is 5.01. The summed E-state index contributed by atoms with van der Waals surface area (Å²) < 4.78 is 0. The Labute approximate surface area is 121 Å². The number of benzene rings is 1. The number of nitrogens with one attached hydrogen (secondary N) is 1. The van der Waals surface area contributed by atoms with Gasteiger partial charge in [0.15, 0.2) is 0 Å². The summed E-state index contributed by atoms with van der Waals surface area (Å²) in [6.07, 6.45) is 1.79. The zero-order valence-electron chi connectivity index (χ0n) is 11.1. The molecule has 0 unspecified atom stereocenters. The molecule has 1 atom stereocenters. The lowest BCUT2D eigenvalue weighted by atomic mass is 9.97. The molecule has 7 heteroatoms. The van der Waals surface area contributed by atoms with Crippen LogP contribution >= 0.6 is 11.6 Å². The number of nitro groups is 1. The van der Waals surface area contributed by atoms with Crippen molar-refractivity contribution in [3.8, 4) is 0 Å². The summed E-state index contributed by atoms with van der Waals surface area (Å²) in [5.41, 5.74) is 0.199. The number of amides is 1. The number of hydrogen-bond acceptors (Lipinski definition) is 4. The molecule has 0 aromatic heterocycles. The van der Waals surface area contributed by atoms with Gasteiger partial charge in [-0.05, 0) is 32.5 Å². The molecule has 2 rings (SSSR count). The Hall–Kier alpha value is -1.66. The molecule has 1 amide bonds. The second-order valence-corrected chi connectivity index (χ2v) is 5.42. The number of anilines is 1. The molecule has 1 aliphatic rings. The normalized spacial score (nSPS) is 19.6. The first-order chi connectivity index (χ1) is 9.47. The van der Waals surface area contributed by atoms with Crippen molar-refractivity contribution in [2.75, 3.05) is 25.5 Å². The van der Waals surface area contributed by atoms with Gasteiger partial charge >= 0.3 is 0 Å². The Morgan fingerprint density at radius 1 is 1.55 bits per heavy atom. The van der Waals surface area contributed by atoms with E-state index < -0.39 is 4.92 Å². The summed E-state index contributed by atoms with van der Waals surface area (Å²) >= 11 is 5.96. The van der Waals surface area contributed by atoms with Crippen molar-refractivity contribution < 1.29 is 9.72 Å². The third-order valence-corrected chi connectivity index (χ3v) is 3.74. The molecule has 1 fully saturated rings. The van der Waals surface area contributed by atoms with E-state index in [1.807, 2.05) is 7.05 Å². The van der Waals surface area contributed by atoms with E-state index in [4.69, 9.17) is 11.6 Å². The summed E-state index contributed by atoms with van der Waals surface area (Å²) in [6.45, 7) is 1.68. The van der Waals surface area contributed by atoms with E-state index in [0.717, 1.165) is 19.4 Å². The monoisotopic (exact) mass is 297 g/mol. The first-order valence-electron chi connectivity index (χ1n) is 6.40. The van der Waals surface area contributed by atoms with Crippen molar-refractivity contribution in [3.05, 3.63) is 33.3 Å². The summed E-state index contributed by atoms with van der Waals surface area (Å²) in [7, 11) is 1.97. The molecule has 1 heterocycles. The van der Waals surface area contributed by atoms with E-state index in [9.17, 15) is 14.9 Å². The lowest BCUT2D eigenvalue weighted by molar-refractivity contribution is -0.384. The molecule has 0 saturated carbocycles. The van der Waals surface area contributed by atoms with E-state index in [1.165, 1.54) is 18.2 Å². The van der Waals surface area contributed by atoms with Crippen molar-refractivity contribution >= 4 is 28.9 Å². The minimum Gasteiger partial charge on any atom is -0.324 e. The third kappa shape index (κ3) is 3.46. The van der Waals surface area contributed by atoms with Gasteiger partial charge in [0.2, 0.25) is 5.91 Å². The zero-order chi connectivity index (χ0) is 14.7. The largest absolute Gasteiger partial charge is 0.324 e. The van der Waals surface area contributed by atoms with Crippen LogP contribution in [-0.4, -0.2) is 35.9 Å². The molecule has 6 nitrogen and oxygen atoms in total. The number of rotatable bonds is 3. The van der Waals surface area contributed by atoms with Gasteiger partial charge < -0.3 is 10.2 Å². The lowest BCUT2D eigenvalue weighted by Gasteiger charge is -2.28. The van der Waals surface area contributed by atoms with Crippen LogP contribution in [0.2, 0.25) is 5.02 Å². The molecule has 0 aliphatic carbocycles. The van der Waals surface area contributed by atoms with Crippen molar-refractivity contribution in [1.29, 1.82) is 0 Å². The number of hydrogen-bond donors (Lipinski definition) is 1. The molecule has 0 spiro atoms. The average molecular weight is 298 g/mol. The number of nitrogens with zero attached hydrogens (tertiary/aromatic N) is 2. The Balaban J connectivity index is 2.10. The fraction of sp³-hybridized carbons (Fsp3) is 0.462. The number of piperidine rings is 1. The molecular weight excluding hydrogens is 282 g/mol. The van der Waals surface area contributed by atoms with E-state index in [-0.39, 0.29) is 17.5 Å². The maximum Gasteiger partial charge on any atom is 0.271 e. The standard InChI is InChI=1S/C13H16ClN3O3/c1-16-6-2-3-9(8-16)13(18)15-12-7-10(17(19)20)4-5-11(12)14/h4-5,7,9H,2-3,6,8H2,1H3,(H,15,18)/t9-/m0/s1. The van der Waals surface area contributed by atoms with E-state index in [2.05, 4.69) is 10.2 Å². The third-order valence-electron chi connectivity index (χ3n) is 3.41. The molecule has 20 heavy (non-hydrogen) atoms. The molecule has 1 aliphatic heterocycles. The topological polar surface area (TPSA) is 75.5 Å². The van der Waals surface area contributed by atoms with Crippen LogP contribution in [-0.2, 0) is 4.79 Å². The Kier molecular flexibility index (Phi) is 4.57. The summed E-state index contributed by atoms with van der Waals surface area (Å²) in [5, 5.41) is 13.7. The molecule has 1 N–H and O–H groups in total. The van der Waals surface area contributed by atoms with Crippen molar-refractivity contribution in [1.82, 2.24) is 4.90 Å². The highest BCUT2D eigenvalue weighted by atomic mass is 35.5. The Morgan fingerprint density at radius 3 is 2.95 bits per heavy atom. The van der Waals surface area contributed by atoms with Gasteiger partial charge in [0.05, 0.1) is 21.6 Å². The molecule has 108 valence electrons. The molecule has 0 bridgehead atoms. The first-order valence-corrected chi connectivity index (χ1v) is 6.78. The Bertz CT molecular complexity index is 536. The highest BCUT2D eigenvalue weighted by Gasteiger charge is 2.24. The summed E-state index contributed by atoms with van der Waals surface area (Å²) in [4.78, 5) is 24.5. The number of non-ortho nitro benzene ring substituents is 1. The van der Waals surface area contributed by atoms with E-state index >= 15 is 0 Å². The Morgan fingerprint density at radius 2 is 2.30 bits per heavy atom. The van der Waals surface area contributed by atoms with E-state index in [1.54, 1.807) is 0 Å². The average Bonchev–Trinajstić information content (AvgIpc) is 2.41. The van der Waals surface area contributed by atoms with Crippen LogP contribution < -0.4 is 5.32 Å². The summed E-state index contributed by atoms with van der Waals surface area (Å²) in [6, 6.07) is 4.02. The van der Waals surface area contributed by atoms with Gasteiger partial charge in [0.25, 0.3) is 5.69 Å². The minimum atomic E-state index is -0.514. The number of nitro benzene ring substituents is 1. The quantitative estimate of drug-likeness (QED) is 0.687. The number of halogens is 1. The number of carbonyl (C=O) groups excluding carboxylic acids is 1. The van der Waals surface area contributed by atoms with Gasteiger partial charge in [-0.3, -0.25) is 14.9 Å². The van der Waals surface area contributed by atoms with Crippen LogP contribution in [0.15, 0.2) is 18.2 Å². The fourth-order valence-corrected chi connectivity index (χ4v) is 2.50. The molecular formula is C13H16ClN3O3. The molecule has 1 aromatic rings. The highest BCUT2D eigenvalue weighted by Crippen LogP contribution is 2.27. The molecule has 1 aromatic carbocycles. The smallest absolute Gasteiger partial charge is 0.271 e. The van der Waals surface area contributed by atoms with Gasteiger partial charge in [0, 0.05) is 18.7 Å². The van der Waals surface area contributed by atoms with Crippen molar-refractivity contribution in [2.24, 2.45) is 5.92 Å². The van der Waals surface area contributed by atoms with Crippen molar-refractivity contribution in [2.45, 2.75) is 12.8 Å². The first kappa shape index (κ1) is 14.7. The molecule has 1 saturated heterocycles. The number of carbonyl (C=O) groups is 1. The van der Waals surface area contributed by atoms with Gasteiger partial charge in [-0.15, -0.1) is 0 Å². The summed E-state index contributed by atoms with van der Waals surface area (Å²) in [5.74, 6) is -0.247. The van der Waals surface area contributed by atoms with Gasteiger partial charge in [-0.1, -0.05) is 11.6 Å². The van der Waals surface area contributed by atoms with Gasteiger partial charge in [-0.25, -0.2) is 0 Å². The van der Waals surface area contributed by atoms with Crippen LogP contribution in [0.5, 0.6) is 0 Å². The van der Waals surface area contributed by atoms with Crippen LogP contribution in [0, 0.1) is 16.0 Å². The fourth-order valence-electron chi connectivity index (χ4n) is 2.34. The van der Waals surface area contributed by atoms with Crippen LogP contribution in [0.4, 0.5) is 11.4 Å². The predicted molar refractivity (Wildman–Crippen MR) is 77.0 cm³/mol. The van der Waals surface area contributed by atoms with Crippen LogP contribution in [0.1, 0.15) is 12.8 Å². The van der Waals surface area contributed by atoms with E-state index in [0.29, 0.717) is 17.3 Å². The van der Waals surface area contributed by atoms with Crippen LogP contribution in [0.3, 0.4) is 0 Å². The minimum absolute atomic E-state index is 0.0922. The van der Waals surface area contributed by atoms with Crippen LogP contribution in [0.25, 0.3) is 0 Å². The molecule has 0 radical (unpaired) electrons. The zero-order valence-corrected chi connectivity index (χ0v) is 11.9. The maximum absolute atomic E-state index is 12.2. The van der Waals surface area contributed by atoms with Crippen molar-refractivity contribution in [3.63, 3.8) is 0 Å². The lowest BCUT2D eigenvalue weighted by Crippen LogP contribution is -2.38. The van der Waals surface area contributed by atoms with Gasteiger partial charge in [-0.2, -0.15) is 0 Å². The highest BCUT2D eigenvalue weighted by molar-refractivity contribution is 6.33. The maximum atomic E-state index is 12.2. The second kappa shape index (κ2) is 6.19. The number of likely N-dealkylation sites (tertiary alicyclic amines) is 1. The SMILES string of the molecule is CN1CCC[C@H](C(=O)Nc2cc([N+](=O)[O-])ccc2Cl)C1. The van der Waals surface area contributed by atoms with Gasteiger partial charge in [0.1, 0.15) is 0 Å².